The maximum atomic E-state index is 2.47. The van der Waals surface area contributed by atoms with Crippen molar-refractivity contribution in [3.63, 3.8) is 0 Å². The van der Waals surface area contributed by atoms with Crippen molar-refractivity contribution in [1.29, 1.82) is 0 Å². The van der Waals surface area contributed by atoms with E-state index in [0.29, 0.717) is 0 Å². The molecule has 0 fully saturated rings. The molecular weight excluding hydrogens is 723 g/mol. The van der Waals surface area contributed by atoms with Crippen LogP contribution in [0.15, 0.2) is 225 Å². The predicted octanol–water partition coefficient (Wildman–Crippen LogP) is 16.4. The lowest BCUT2D eigenvalue weighted by molar-refractivity contribution is 1.11. The minimum Gasteiger partial charge on any atom is -0.313 e. The number of aromatic nitrogens is 1. The number of fused-ring (bicyclic) bond motifs is 6. The van der Waals surface area contributed by atoms with Gasteiger partial charge in [0, 0.05) is 23.1 Å². The van der Waals surface area contributed by atoms with Gasteiger partial charge in [-0.25, -0.2) is 0 Å². The zero-order chi connectivity index (χ0) is 39.6. The van der Waals surface area contributed by atoms with Crippen LogP contribution < -0.4 is 0 Å². The number of para-hydroxylation sites is 1. The average molecular weight is 762 g/mol. The van der Waals surface area contributed by atoms with Crippen LogP contribution in [-0.4, -0.2) is 4.57 Å². The van der Waals surface area contributed by atoms with Crippen molar-refractivity contribution < 1.29 is 0 Å². The molecule has 10 aromatic carbocycles. The molecule has 1 aliphatic carbocycles. The van der Waals surface area contributed by atoms with Crippen LogP contribution in [0, 0.1) is 0 Å². The smallest absolute Gasteiger partial charge is 0.0544 e. The molecule has 0 bridgehead atoms. The SMILES string of the molecule is C1=CC=C(n2c(-c3ccc(-c4ccc5c(-c6cccc7ccccc67)c6ccccc6c(-c6ccc7ccccc7c6)c5c4)c4ccccc34)cc3ccccc32)CC=C1. The largest absolute Gasteiger partial charge is 0.313 e. The fraction of sp³-hybridized carbons (Fsp3) is 0.0169. The van der Waals surface area contributed by atoms with Gasteiger partial charge in [-0.3, -0.25) is 0 Å². The number of benzene rings is 10. The molecule has 1 heterocycles. The zero-order valence-corrected chi connectivity index (χ0v) is 33.0. The van der Waals surface area contributed by atoms with Crippen LogP contribution >= 0.6 is 0 Å². The van der Waals surface area contributed by atoms with Crippen molar-refractivity contribution >= 4 is 70.5 Å². The van der Waals surface area contributed by atoms with Gasteiger partial charge in [0.2, 0.25) is 0 Å². The van der Waals surface area contributed by atoms with Gasteiger partial charge in [-0.1, -0.05) is 194 Å². The third-order valence-electron chi connectivity index (χ3n) is 12.6. The molecule has 0 atom stereocenters. The first-order chi connectivity index (χ1) is 29.8. The lowest BCUT2D eigenvalue weighted by atomic mass is 9.83. The Kier molecular flexibility index (Phi) is 7.99. The topological polar surface area (TPSA) is 4.93 Å². The Balaban J connectivity index is 1.14. The van der Waals surface area contributed by atoms with Crippen LogP contribution in [0.2, 0.25) is 0 Å². The fourth-order valence-corrected chi connectivity index (χ4v) is 9.90. The molecule has 0 saturated heterocycles. The quantitative estimate of drug-likeness (QED) is 0.154. The Hall–Kier alpha value is -7.74. The molecular formula is C59H39N. The first kappa shape index (κ1) is 34.3. The number of hydrogen-bond acceptors (Lipinski definition) is 0. The van der Waals surface area contributed by atoms with Crippen LogP contribution in [0.4, 0.5) is 0 Å². The van der Waals surface area contributed by atoms with E-state index in [4.69, 9.17) is 0 Å². The second-order valence-electron chi connectivity index (χ2n) is 15.9. The van der Waals surface area contributed by atoms with Gasteiger partial charge in [0.15, 0.2) is 0 Å². The molecule has 60 heavy (non-hydrogen) atoms. The maximum absolute atomic E-state index is 2.47. The maximum Gasteiger partial charge on any atom is 0.0544 e. The molecule has 1 heteroatoms. The number of allylic oxidation sites excluding steroid dienone is 6. The summed E-state index contributed by atoms with van der Waals surface area (Å²) in [4.78, 5) is 0. The van der Waals surface area contributed by atoms with E-state index < -0.39 is 0 Å². The summed E-state index contributed by atoms with van der Waals surface area (Å²) in [6.45, 7) is 0. The van der Waals surface area contributed by atoms with Gasteiger partial charge >= 0.3 is 0 Å². The van der Waals surface area contributed by atoms with Crippen molar-refractivity contribution in [1.82, 2.24) is 4.57 Å². The highest BCUT2D eigenvalue weighted by molar-refractivity contribution is 6.24. The normalized spacial score (nSPS) is 12.9. The summed E-state index contributed by atoms with van der Waals surface area (Å²) in [5.41, 5.74) is 12.4. The minimum atomic E-state index is 0.862. The van der Waals surface area contributed by atoms with Crippen molar-refractivity contribution in [2.45, 2.75) is 6.42 Å². The summed E-state index contributed by atoms with van der Waals surface area (Å²) in [6.07, 6.45) is 11.8. The van der Waals surface area contributed by atoms with E-state index in [-0.39, 0.29) is 0 Å². The Morgan fingerprint density at radius 3 is 1.82 bits per heavy atom. The summed E-state index contributed by atoms with van der Waals surface area (Å²) >= 11 is 0. The van der Waals surface area contributed by atoms with Crippen molar-refractivity contribution in [3.05, 3.63) is 225 Å². The van der Waals surface area contributed by atoms with Gasteiger partial charge in [0.1, 0.15) is 0 Å². The van der Waals surface area contributed by atoms with Crippen molar-refractivity contribution in [2.24, 2.45) is 0 Å². The van der Waals surface area contributed by atoms with E-state index in [2.05, 4.69) is 229 Å². The molecule has 1 aromatic heterocycles. The Bertz CT molecular complexity index is 3620. The molecule has 0 N–H and O–H groups in total. The summed E-state index contributed by atoms with van der Waals surface area (Å²) in [6, 6.07) is 72.2. The van der Waals surface area contributed by atoms with Crippen molar-refractivity contribution in [2.75, 3.05) is 0 Å². The average Bonchev–Trinajstić information content (AvgIpc) is 3.48. The summed E-state index contributed by atoms with van der Waals surface area (Å²) < 4.78 is 2.46. The molecule has 280 valence electrons. The van der Waals surface area contributed by atoms with E-state index in [9.17, 15) is 0 Å². The van der Waals surface area contributed by atoms with Crippen LogP contribution in [-0.2, 0) is 0 Å². The molecule has 1 aliphatic rings. The molecule has 0 saturated carbocycles. The second-order valence-corrected chi connectivity index (χ2v) is 15.9. The predicted molar refractivity (Wildman–Crippen MR) is 258 cm³/mol. The number of rotatable bonds is 5. The van der Waals surface area contributed by atoms with E-state index in [1.165, 1.54) is 115 Å². The van der Waals surface area contributed by atoms with Crippen LogP contribution in [0.1, 0.15) is 6.42 Å². The minimum absolute atomic E-state index is 0.862. The van der Waals surface area contributed by atoms with Gasteiger partial charge in [-0.05, 0) is 118 Å². The highest BCUT2D eigenvalue weighted by Gasteiger charge is 2.21. The number of nitrogens with zero attached hydrogens (tertiary/aromatic N) is 1. The third kappa shape index (κ3) is 5.47. The molecule has 1 nitrogen and oxygen atoms in total. The Labute approximate surface area is 349 Å². The monoisotopic (exact) mass is 761 g/mol. The molecule has 0 spiro atoms. The summed E-state index contributed by atoms with van der Waals surface area (Å²) in [7, 11) is 0. The van der Waals surface area contributed by atoms with E-state index >= 15 is 0 Å². The van der Waals surface area contributed by atoms with Gasteiger partial charge in [-0.15, -0.1) is 0 Å². The third-order valence-corrected chi connectivity index (χ3v) is 12.6. The molecule has 0 amide bonds. The lowest BCUT2D eigenvalue weighted by Gasteiger charge is -2.20. The lowest BCUT2D eigenvalue weighted by Crippen LogP contribution is -1.99. The van der Waals surface area contributed by atoms with Gasteiger partial charge in [-0.2, -0.15) is 0 Å². The molecule has 0 unspecified atom stereocenters. The van der Waals surface area contributed by atoms with Crippen LogP contribution in [0.25, 0.3) is 115 Å². The van der Waals surface area contributed by atoms with Gasteiger partial charge in [0.05, 0.1) is 11.2 Å². The van der Waals surface area contributed by atoms with Crippen molar-refractivity contribution in [3.8, 4) is 44.6 Å². The molecule has 0 aliphatic heterocycles. The Morgan fingerprint density at radius 2 is 0.967 bits per heavy atom. The summed E-state index contributed by atoms with van der Waals surface area (Å²) in [5.74, 6) is 0. The van der Waals surface area contributed by atoms with Gasteiger partial charge in [0.25, 0.3) is 0 Å². The summed E-state index contributed by atoms with van der Waals surface area (Å²) in [5, 5.41) is 13.7. The number of hydrogen-bond donors (Lipinski definition) is 0. The van der Waals surface area contributed by atoms with E-state index in [0.717, 1.165) is 6.42 Å². The molecule has 12 rings (SSSR count). The standard InChI is InChI=1S/C59H39N/c1-2-4-22-45(21-3-1)60-56-29-14-8-19-43(56)38-57(60)50-35-34-47(48-24-10-11-25-49(48)50)42-32-33-54-55(37-42)58(44-31-30-39-16-5-6-18-41(39)36-44)52-26-12-13-27-53(52)59(54)51-28-15-20-40-17-7-9-23-46(40)51/h1-21,23-38H,22H2. The van der Waals surface area contributed by atoms with Crippen LogP contribution in [0.5, 0.6) is 0 Å². The van der Waals surface area contributed by atoms with Crippen LogP contribution in [0.3, 0.4) is 0 Å². The Morgan fingerprint density at radius 1 is 0.333 bits per heavy atom. The van der Waals surface area contributed by atoms with E-state index in [1.807, 2.05) is 0 Å². The highest BCUT2D eigenvalue weighted by Crippen LogP contribution is 2.48. The zero-order valence-electron chi connectivity index (χ0n) is 33.0. The first-order valence-electron chi connectivity index (χ1n) is 20.9. The van der Waals surface area contributed by atoms with E-state index in [1.54, 1.807) is 0 Å². The highest BCUT2D eigenvalue weighted by atomic mass is 15.0. The second kappa shape index (κ2) is 14.0. The molecule has 11 aromatic rings. The first-order valence-corrected chi connectivity index (χ1v) is 20.9. The molecule has 0 radical (unpaired) electrons. The van der Waals surface area contributed by atoms with Gasteiger partial charge < -0.3 is 4.57 Å². The fourth-order valence-electron chi connectivity index (χ4n) is 9.90.